The van der Waals surface area contributed by atoms with E-state index in [1.54, 1.807) is 17.4 Å². The molecule has 2 aromatic rings. The zero-order chi connectivity index (χ0) is 16.4. The van der Waals surface area contributed by atoms with Crippen LogP contribution in [-0.2, 0) is 16.6 Å². The van der Waals surface area contributed by atoms with Crippen molar-refractivity contribution in [2.75, 3.05) is 26.2 Å². The van der Waals surface area contributed by atoms with Gasteiger partial charge in [-0.15, -0.1) is 11.3 Å². The molecule has 0 amide bonds. The minimum atomic E-state index is -3.76. The van der Waals surface area contributed by atoms with Gasteiger partial charge in [-0.25, -0.2) is 12.8 Å². The molecule has 0 N–H and O–H groups in total. The number of nitrogens with zero attached hydrogens (tertiary/aromatic N) is 2. The van der Waals surface area contributed by atoms with E-state index in [2.05, 4.69) is 26.9 Å². The zero-order valence-electron chi connectivity index (χ0n) is 12.3. The predicted molar refractivity (Wildman–Crippen MR) is 92.5 cm³/mol. The first kappa shape index (κ1) is 17.0. The SMILES string of the molecule is O=S(=O)(c1ccccc1F)N1CCN(Cc2ccc(Br)s2)CC1. The van der Waals surface area contributed by atoms with Crippen LogP contribution in [0.1, 0.15) is 4.88 Å². The largest absolute Gasteiger partial charge is 0.296 e. The maximum absolute atomic E-state index is 13.8. The molecule has 0 atom stereocenters. The summed E-state index contributed by atoms with van der Waals surface area (Å²) in [5.74, 6) is -0.696. The maximum Gasteiger partial charge on any atom is 0.246 e. The normalized spacial score (nSPS) is 17.5. The number of piperazine rings is 1. The number of hydrogen-bond acceptors (Lipinski definition) is 4. The van der Waals surface area contributed by atoms with Crippen molar-refractivity contribution in [1.82, 2.24) is 9.21 Å². The summed E-state index contributed by atoms with van der Waals surface area (Å²) in [7, 11) is -3.76. The quantitative estimate of drug-likeness (QED) is 0.765. The Hall–Kier alpha value is -0.800. The Morgan fingerprint density at radius 3 is 2.39 bits per heavy atom. The van der Waals surface area contributed by atoms with E-state index in [1.165, 1.54) is 27.4 Å². The molecule has 3 rings (SSSR count). The second-order valence-electron chi connectivity index (χ2n) is 5.32. The van der Waals surface area contributed by atoms with Crippen molar-refractivity contribution in [3.63, 3.8) is 0 Å². The molecule has 1 aliphatic heterocycles. The molecule has 0 spiro atoms. The summed E-state index contributed by atoms with van der Waals surface area (Å²) < 4.78 is 41.3. The van der Waals surface area contributed by atoms with E-state index in [9.17, 15) is 12.8 Å². The highest BCUT2D eigenvalue weighted by atomic mass is 79.9. The maximum atomic E-state index is 13.8. The second kappa shape index (κ2) is 6.98. The average Bonchev–Trinajstić information content (AvgIpc) is 2.93. The van der Waals surface area contributed by atoms with Gasteiger partial charge in [0.05, 0.1) is 3.79 Å². The molecule has 0 bridgehead atoms. The van der Waals surface area contributed by atoms with Gasteiger partial charge in [0.2, 0.25) is 10.0 Å². The highest BCUT2D eigenvalue weighted by Crippen LogP contribution is 2.25. The summed E-state index contributed by atoms with van der Waals surface area (Å²) >= 11 is 5.12. The van der Waals surface area contributed by atoms with Crippen LogP contribution >= 0.6 is 27.3 Å². The van der Waals surface area contributed by atoms with E-state index in [4.69, 9.17) is 0 Å². The van der Waals surface area contributed by atoms with Gasteiger partial charge in [-0.05, 0) is 40.2 Å². The summed E-state index contributed by atoms with van der Waals surface area (Å²) in [4.78, 5) is 3.21. The third-order valence-corrected chi connectivity index (χ3v) is 7.33. The zero-order valence-corrected chi connectivity index (χ0v) is 15.5. The molecule has 0 saturated carbocycles. The molecule has 0 unspecified atom stereocenters. The van der Waals surface area contributed by atoms with Gasteiger partial charge in [-0.3, -0.25) is 4.90 Å². The van der Waals surface area contributed by atoms with Gasteiger partial charge in [-0.2, -0.15) is 4.31 Å². The van der Waals surface area contributed by atoms with Crippen LogP contribution in [0.5, 0.6) is 0 Å². The summed E-state index contributed by atoms with van der Waals surface area (Å²) in [6, 6.07) is 9.61. The lowest BCUT2D eigenvalue weighted by Crippen LogP contribution is -2.48. The summed E-state index contributed by atoms with van der Waals surface area (Å²) in [6.07, 6.45) is 0. The van der Waals surface area contributed by atoms with Crippen LogP contribution in [0.2, 0.25) is 0 Å². The molecule has 1 aromatic carbocycles. The van der Waals surface area contributed by atoms with Crippen LogP contribution < -0.4 is 0 Å². The standard InChI is InChI=1S/C15H16BrFN2O2S2/c16-15-6-5-12(22-15)11-18-7-9-19(10-8-18)23(20,21)14-4-2-1-3-13(14)17/h1-6H,7-11H2. The van der Waals surface area contributed by atoms with Gasteiger partial charge in [0, 0.05) is 37.6 Å². The predicted octanol–water partition coefficient (Wildman–Crippen LogP) is 3.16. The highest BCUT2D eigenvalue weighted by molar-refractivity contribution is 9.11. The van der Waals surface area contributed by atoms with Crippen LogP contribution in [0.4, 0.5) is 4.39 Å². The van der Waals surface area contributed by atoms with E-state index in [1.807, 2.05) is 6.07 Å². The van der Waals surface area contributed by atoms with E-state index in [0.717, 1.165) is 10.3 Å². The smallest absolute Gasteiger partial charge is 0.246 e. The Labute approximate surface area is 147 Å². The topological polar surface area (TPSA) is 40.6 Å². The molecule has 8 heteroatoms. The van der Waals surface area contributed by atoms with Gasteiger partial charge in [-0.1, -0.05) is 12.1 Å². The minimum Gasteiger partial charge on any atom is -0.296 e. The Balaban J connectivity index is 1.65. The number of halogens is 2. The fraction of sp³-hybridized carbons (Fsp3) is 0.333. The fourth-order valence-corrected chi connectivity index (χ4v) is 5.59. The molecule has 1 saturated heterocycles. The molecule has 1 aliphatic rings. The van der Waals surface area contributed by atoms with Crippen molar-refractivity contribution >= 4 is 37.3 Å². The van der Waals surface area contributed by atoms with Gasteiger partial charge in [0.1, 0.15) is 10.7 Å². The first-order chi connectivity index (χ1) is 11.0. The molecular weight excluding hydrogens is 403 g/mol. The van der Waals surface area contributed by atoms with Gasteiger partial charge in [0.25, 0.3) is 0 Å². The average molecular weight is 419 g/mol. The van der Waals surface area contributed by atoms with Crippen molar-refractivity contribution in [3.8, 4) is 0 Å². The second-order valence-corrected chi connectivity index (χ2v) is 9.77. The van der Waals surface area contributed by atoms with Gasteiger partial charge < -0.3 is 0 Å². The molecule has 0 radical (unpaired) electrons. The van der Waals surface area contributed by atoms with E-state index in [-0.39, 0.29) is 4.90 Å². The minimum absolute atomic E-state index is 0.240. The van der Waals surface area contributed by atoms with E-state index >= 15 is 0 Å². The van der Waals surface area contributed by atoms with Crippen LogP contribution in [-0.4, -0.2) is 43.8 Å². The molecule has 4 nitrogen and oxygen atoms in total. The Kier molecular flexibility index (Phi) is 5.17. The molecule has 124 valence electrons. The fourth-order valence-electron chi connectivity index (χ4n) is 2.58. The van der Waals surface area contributed by atoms with Gasteiger partial charge in [0.15, 0.2) is 0 Å². The highest BCUT2D eigenvalue weighted by Gasteiger charge is 2.30. The van der Waals surface area contributed by atoms with Crippen LogP contribution in [0.3, 0.4) is 0 Å². The van der Waals surface area contributed by atoms with Crippen molar-refractivity contribution in [3.05, 3.63) is 50.9 Å². The molecular formula is C15H16BrFN2O2S2. The lowest BCUT2D eigenvalue weighted by molar-refractivity contribution is 0.182. The van der Waals surface area contributed by atoms with Crippen LogP contribution in [0.25, 0.3) is 0 Å². The van der Waals surface area contributed by atoms with E-state index < -0.39 is 15.8 Å². The Morgan fingerprint density at radius 2 is 1.78 bits per heavy atom. The number of hydrogen-bond donors (Lipinski definition) is 0. The van der Waals surface area contributed by atoms with Crippen LogP contribution in [0.15, 0.2) is 45.1 Å². The van der Waals surface area contributed by atoms with E-state index in [0.29, 0.717) is 26.2 Å². The number of rotatable bonds is 4. The molecule has 0 aliphatic carbocycles. The third kappa shape index (κ3) is 3.83. The number of thiophene rings is 1. The third-order valence-electron chi connectivity index (χ3n) is 3.79. The first-order valence-electron chi connectivity index (χ1n) is 7.18. The summed E-state index contributed by atoms with van der Waals surface area (Å²) in [5.41, 5.74) is 0. The van der Waals surface area contributed by atoms with Crippen molar-refractivity contribution in [2.24, 2.45) is 0 Å². The molecule has 1 fully saturated rings. The first-order valence-corrected chi connectivity index (χ1v) is 10.2. The lowest BCUT2D eigenvalue weighted by Gasteiger charge is -2.33. The molecule has 2 heterocycles. The Bertz CT molecular complexity index is 786. The monoisotopic (exact) mass is 418 g/mol. The summed E-state index contributed by atoms with van der Waals surface area (Å²) in [6.45, 7) is 2.85. The molecule has 1 aromatic heterocycles. The van der Waals surface area contributed by atoms with Crippen molar-refractivity contribution in [2.45, 2.75) is 11.4 Å². The summed E-state index contributed by atoms with van der Waals surface area (Å²) in [5, 5.41) is 0. The van der Waals surface area contributed by atoms with Crippen molar-refractivity contribution < 1.29 is 12.8 Å². The number of sulfonamides is 1. The van der Waals surface area contributed by atoms with Crippen LogP contribution in [0, 0.1) is 5.82 Å². The van der Waals surface area contributed by atoms with Crippen molar-refractivity contribution in [1.29, 1.82) is 0 Å². The number of benzene rings is 1. The molecule has 23 heavy (non-hydrogen) atoms. The van der Waals surface area contributed by atoms with Gasteiger partial charge >= 0.3 is 0 Å². The Morgan fingerprint density at radius 1 is 1.09 bits per heavy atom. The lowest BCUT2D eigenvalue weighted by atomic mass is 10.3.